The van der Waals surface area contributed by atoms with Gasteiger partial charge in [-0.15, -0.1) is 0 Å². The number of rotatable bonds is 3. The van der Waals surface area contributed by atoms with E-state index in [4.69, 9.17) is 16.3 Å². The number of pyridine rings is 1. The monoisotopic (exact) mass is 344 g/mol. The van der Waals surface area contributed by atoms with Crippen molar-refractivity contribution < 1.29 is 4.74 Å². The second kappa shape index (κ2) is 6.39. The van der Waals surface area contributed by atoms with Crippen LogP contribution >= 0.6 is 11.6 Å². The number of H-pyrrole nitrogens is 1. The molecule has 0 amide bonds. The van der Waals surface area contributed by atoms with E-state index in [-0.39, 0.29) is 11.7 Å². The number of nitrogens with one attached hydrogen (secondary N) is 2. The van der Waals surface area contributed by atoms with Gasteiger partial charge in [-0.2, -0.15) is 0 Å². The molecule has 3 aromatic rings. The van der Waals surface area contributed by atoms with Crippen LogP contribution in [-0.4, -0.2) is 40.3 Å². The SMILES string of the molecule is O=c1[nH]c2cc(Cl)ccc2cc1-c1nccn1CC1CNCCO1. The van der Waals surface area contributed by atoms with Crippen LogP contribution in [0.25, 0.3) is 22.3 Å². The molecule has 1 fully saturated rings. The van der Waals surface area contributed by atoms with Crippen molar-refractivity contribution in [1.29, 1.82) is 0 Å². The summed E-state index contributed by atoms with van der Waals surface area (Å²) in [4.78, 5) is 19.8. The molecule has 7 heteroatoms. The Morgan fingerprint density at radius 3 is 3.12 bits per heavy atom. The van der Waals surface area contributed by atoms with Gasteiger partial charge < -0.3 is 19.6 Å². The Morgan fingerprint density at radius 1 is 1.38 bits per heavy atom. The lowest BCUT2D eigenvalue weighted by Gasteiger charge is -2.24. The van der Waals surface area contributed by atoms with E-state index in [0.29, 0.717) is 35.1 Å². The Labute approximate surface area is 143 Å². The molecule has 6 nitrogen and oxygen atoms in total. The van der Waals surface area contributed by atoms with Crippen molar-refractivity contribution in [3.63, 3.8) is 0 Å². The standard InChI is InChI=1S/C17H17ClN4O2/c18-12-2-1-11-7-14(17(23)21-15(11)8-12)16-20-3-5-22(16)10-13-9-19-4-6-24-13/h1-3,5,7-8,13,19H,4,6,9-10H2,(H,21,23). The van der Waals surface area contributed by atoms with Crippen molar-refractivity contribution in [3.05, 3.63) is 52.0 Å². The quantitative estimate of drug-likeness (QED) is 0.762. The Balaban J connectivity index is 1.72. The van der Waals surface area contributed by atoms with Crippen LogP contribution in [0.5, 0.6) is 0 Å². The van der Waals surface area contributed by atoms with Crippen LogP contribution in [0.1, 0.15) is 0 Å². The average Bonchev–Trinajstić information content (AvgIpc) is 3.03. The second-order valence-corrected chi connectivity index (χ2v) is 6.28. The lowest BCUT2D eigenvalue weighted by atomic mass is 10.1. The average molecular weight is 345 g/mol. The molecule has 1 aliphatic rings. The van der Waals surface area contributed by atoms with Gasteiger partial charge in [0, 0.05) is 36.0 Å². The molecule has 2 aromatic heterocycles. The highest BCUT2D eigenvalue weighted by atomic mass is 35.5. The first-order chi connectivity index (χ1) is 11.7. The summed E-state index contributed by atoms with van der Waals surface area (Å²) >= 11 is 5.99. The maximum atomic E-state index is 12.5. The summed E-state index contributed by atoms with van der Waals surface area (Å²) < 4.78 is 7.71. The Hall–Kier alpha value is -2.15. The molecule has 2 N–H and O–H groups in total. The summed E-state index contributed by atoms with van der Waals surface area (Å²) in [6.45, 7) is 3.02. The Bertz CT molecular complexity index is 928. The molecule has 0 spiro atoms. The van der Waals surface area contributed by atoms with Gasteiger partial charge in [0.2, 0.25) is 0 Å². The van der Waals surface area contributed by atoms with Gasteiger partial charge in [-0.1, -0.05) is 17.7 Å². The number of hydrogen-bond donors (Lipinski definition) is 2. The van der Waals surface area contributed by atoms with Gasteiger partial charge >= 0.3 is 0 Å². The predicted molar refractivity (Wildman–Crippen MR) is 93.4 cm³/mol. The minimum Gasteiger partial charge on any atom is -0.374 e. The van der Waals surface area contributed by atoms with Crippen molar-refractivity contribution in [1.82, 2.24) is 19.9 Å². The zero-order valence-corrected chi connectivity index (χ0v) is 13.7. The molecule has 0 bridgehead atoms. The molecule has 4 rings (SSSR count). The first kappa shape index (κ1) is 15.4. The highest BCUT2D eigenvalue weighted by Gasteiger charge is 2.17. The summed E-state index contributed by atoms with van der Waals surface area (Å²) in [6, 6.07) is 7.29. The number of aromatic nitrogens is 3. The summed E-state index contributed by atoms with van der Waals surface area (Å²) in [5.41, 5.74) is 1.08. The molecule has 0 radical (unpaired) electrons. The third kappa shape index (κ3) is 2.96. The van der Waals surface area contributed by atoms with E-state index in [1.165, 1.54) is 0 Å². The van der Waals surface area contributed by atoms with E-state index in [1.54, 1.807) is 18.3 Å². The number of benzene rings is 1. The maximum absolute atomic E-state index is 12.5. The van der Waals surface area contributed by atoms with Crippen LogP contribution in [-0.2, 0) is 11.3 Å². The lowest BCUT2D eigenvalue weighted by Crippen LogP contribution is -2.40. The number of aromatic amines is 1. The summed E-state index contributed by atoms with van der Waals surface area (Å²) in [7, 11) is 0. The molecule has 0 aliphatic carbocycles. The summed E-state index contributed by atoms with van der Waals surface area (Å²) in [5, 5.41) is 4.82. The lowest BCUT2D eigenvalue weighted by molar-refractivity contribution is 0.0185. The topological polar surface area (TPSA) is 71.9 Å². The molecule has 1 aliphatic heterocycles. The second-order valence-electron chi connectivity index (χ2n) is 5.84. The van der Waals surface area contributed by atoms with Crippen molar-refractivity contribution in [2.75, 3.05) is 19.7 Å². The molecule has 1 aromatic carbocycles. The largest absolute Gasteiger partial charge is 0.374 e. The van der Waals surface area contributed by atoms with Crippen LogP contribution < -0.4 is 10.9 Å². The smallest absolute Gasteiger partial charge is 0.259 e. The van der Waals surface area contributed by atoms with Gasteiger partial charge in [0.05, 0.1) is 24.8 Å². The number of ether oxygens (including phenoxy) is 1. The van der Waals surface area contributed by atoms with Crippen molar-refractivity contribution in [2.45, 2.75) is 12.6 Å². The van der Waals surface area contributed by atoms with Gasteiger partial charge in [0.15, 0.2) is 0 Å². The molecule has 1 atom stereocenters. The third-order valence-electron chi connectivity index (χ3n) is 4.17. The van der Waals surface area contributed by atoms with Gasteiger partial charge in [-0.25, -0.2) is 4.98 Å². The molecule has 1 unspecified atom stereocenters. The molecular weight excluding hydrogens is 328 g/mol. The number of imidazole rings is 1. The first-order valence-electron chi connectivity index (χ1n) is 7.87. The first-order valence-corrected chi connectivity index (χ1v) is 8.25. The molecular formula is C17H17ClN4O2. The molecule has 24 heavy (non-hydrogen) atoms. The third-order valence-corrected chi connectivity index (χ3v) is 4.40. The summed E-state index contributed by atoms with van der Waals surface area (Å²) in [5.74, 6) is 0.641. The van der Waals surface area contributed by atoms with Crippen molar-refractivity contribution in [2.24, 2.45) is 0 Å². The van der Waals surface area contributed by atoms with Crippen LogP contribution in [0.15, 0.2) is 41.5 Å². The predicted octanol–water partition coefficient (Wildman–Crippen LogP) is 2.03. The van der Waals surface area contributed by atoms with Crippen LogP contribution in [0.3, 0.4) is 0 Å². The minimum atomic E-state index is -0.181. The van der Waals surface area contributed by atoms with Crippen LogP contribution in [0.2, 0.25) is 5.02 Å². The fourth-order valence-corrected chi connectivity index (χ4v) is 3.17. The number of morpholine rings is 1. The number of fused-ring (bicyclic) bond motifs is 1. The van der Waals surface area contributed by atoms with Crippen molar-refractivity contribution >= 4 is 22.5 Å². The van der Waals surface area contributed by atoms with Crippen molar-refractivity contribution in [3.8, 4) is 11.4 Å². The Kier molecular flexibility index (Phi) is 4.10. The van der Waals surface area contributed by atoms with Gasteiger partial charge in [0.1, 0.15) is 5.82 Å². The fraction of sp³-hybridized carbons (Fsp3) is 0.294. The number of hydrogen-bond acceptors (Lipinski definition) is 4. The minimum absolute atomic E-state index is 0.0741. The fourth-order valence-electron chi connectivity index (χ4n) is 3.00. The van der Waals surface area contributed by atoms with E-state index < -0.39 is 0 Å². The summed E-state index contributed by atoms with van der Waals surface area (Å²) in [6.07, 6.45) is 3.65. The highest BCUT2D eigenvalue weighted by Crippen LogP contribution is 2.21. The molecule has 0 saturated carbocycles. The Morgan fingerprint density at radius 2 is 2.29 bits per heavy atom. The number of halogens is 1. The number of nitrogens with zero attached hydrogens (tertiary/aromatic N) is 2. The van der Waals surface area contributed by atoms with Gasteiger partial charge in [0.25, 0.3) is 5.56 Å². The van der Waals surface area contributed by atoms with E-state index >= 15 is 0 Å². The molecule has 1 saturated heterocycles. The van der Waals surface area contributed by atoms with Crippen LogP contribution in [0, 0.1) is 0 Å². The van der Waals surface area contributed by atoms with Gasteiger partial charge in [-0.3, -0.25) is 4.79 Å². The molecule has 124 valence electrons. The normalized spacial score (nSPS) is 18.1. The highest BCUT2D eigenvalue weighted by molar-refractivity contribution is 6.31. The van der Waals surface area contributed by atoms with Crippen LogP contribution in [0.4, 0.5) is 0 Å². The molecule has 3 heterocycles. The van der Waals surface area contributed by atoms with Gasteiger partial charge in [-0.05, 0) is 23.6 Å². The van der Waals surface area contributed by atoms with E-state index in [2.05, 4.69) is 15.3 Å². The van der Waals surface area contributed by atoms with E-state index in [1.807, 2.05) is 22.9 Å². The maximum Gasteiger partial charge on any atom is 0.259 e. The van der Waals surface area contributed by atoms with E-state index in [0.717, 1.165) is 18.5 Å². The zero-order chi connectivity index (χ0) is 16.5. The van der Waals surface area contributed by atoms with E-state index in [9.17, 15) is 4.79 Å². The zero-order valence-electron chi connectivity index (χ0n) is 13.0.